The van der Waals surface area contributed by atoms with E-state index in [0.717, 1.165) is 37.1 Å². The molecule has 0 unspecified atom stereocenters. The molecule has 1 aliphatic rings. The molecule has 0 saturated carbocycles. The van der Waals surface area contributed by atoms with E-state index in [1.807, 2.05) is 4.57 Å². The molecule has 0 spiro atoms. The van der Waals surface area contributed by atoms with Gasteiger partial charge >= 0.3 is 5.97 Å². The molecule has 0 fully saturated rings. The summed E-state index contributed by atoms with van der Waals surface area (Å²) in [7, 11) is 0. The molecule has 1 N–H and O–H groups in total. The molecule has 0 radical (unpaired) electrons. The second-order valence-electron chi connectivity index (χ2n) is 4.52. The smallest absolute Gasteiger partial charge is 0.356 e. The number of rotatable bonds is 2. The first-order chi connectivity index (χ1) is 9.16. The number of imidazole rings is 1. The van der Waals surface area contributed by atoms with Crippen LogP contribution in [0.4, 0.5) is 0 Å². The third-order valence-electron chi connectivity index (χ3n) is 3.31. The summed E-state index contributed by atoms with van der Waals surface area (Å²) < 4.78 is 1.86. The Morgan fingerprint density at radius 3 is 2.89 bits per heavy atom. The molecular formula is C13H12ClN3O2. The molecule has 0 saturated heterocycles. The van der Waals surface area contributed by atoms with Gasteiger partial charge in [-0.05, 0) is 37.8 Å². The van der Waals surface area contributed by atoms with Gasteiger partial charge in [0.25, 0.3) is 0 Å². The zero-order valence-corrected chi connectivity index (χ0v) is 10.9. The zero-order chi connectivity index (χ0) is 13.4. The fourth-order valence-corrected chi connectivity index (χ4v) is 2.57. The topological polar surface area (TPSA) is 68.0 Å². The van der Waals surface area contributed by atoms with Gasteiger partial charge in [-0.25, -0.2) is 14.8 Å². The van der Waals surface area contributed by atoms with E-state index in [0.29, 0.717) is 5.82 Å². The van der Waals surface area contributed by atoms with Crippen molar-refractivity contribution in [1.82, 2.24) is 14.5 Å². The fraction of sp³-hybridized carbons (Fsp3) is 0.308. The molecule has 2 aromatic rings. The highest BCUT2D eigenvalue weighted by Crippen LogP contribution is 2.23. The van der Waals surface area contributed by atoms with E-state index >= 15 is 0 Å². The van der Waals surface area contributed by atoms with E-state index in [-0.39, 0.29) is 10.7 Å². The molecule has 0 aliphatic heterocycles. The maximum atomic E-state index is 11.1. The van der Waals surface area contributed by atoms with Crippen LogP contribution in [0.5, 0.6) is 0 Å². The first kappa shape index (κ1) is 12.2. The fourth-order valence-electron chi connectivity index (χ4n) is 2.38. The Labute approximate surface area is 114 Å². The number of carboxylic acids is 1. The summed E-state index contributed by atoms with van der Waals surface area (Å²) in [6.07, 6.45) is 5.90. The summed E-state index contributed by atoms with van der Waals surface area (Å²) >= 11 is 5.83. The van der Waals surface area contributed by atoms with Crippen molar-refractivity contribution in [3.05, 3.63) is 40.6 Å². The Hall–Kier alpha value is -1.88. The zero-order valence-electron chi connectivity index (χ0n) is 10.1. The van der Waals surface area contributed by atoms with Crippen LogP contribution in [0, 0.1) is 0 Å². The van der Waals surface area contributed by atoms with Crippen LogP contribution < -0.4 is 0 Å². The van der Waals surface area contributed by atoms with Crippen LogP contribution in [0.15, 0.2) is 18.5 Å². The number of carbonyl (C=O) groups is 1. The van der Waals surface area contributed by atoms with Crippen LogP contribution in [0.1, 0.15) is 34.7 Å². The molecule has 2 aromatic heterocycles. The summed E-state index contributed by atoms with van der Waals surface area (Å²) in [6.45, 7) is 0. The number of carboxylic acid groups (broad SMARTS) is 1. The van der Waals surface area contributed by atoms with Gasteiger partial charge in [-0.2, -0.15) is 0 Å². The number of hydrogen-bond acceptors (Lipinski definition) is 3. The molecule has 6 heteroatoms. The number of pyridine rings is 1. The molecule has 1 aliphatic carbocycles. The van der Waals surface area contributed by atoms with Gasteiger partial charge in [0.05, 0.1) is 10.7 Å². The lowest BCUT2D eigenvalue weighted by Crippen LogP contribution is -2.10. The Kier molecular flexibility index (Phi) is 2.98. The minimum absolute atomic E-state index is 0.127. The third kappa shape index (κ3) is 2.10. The molecule has 0 amide bonds. The quantitative estimate of drug-likeness (QED) is 0.916. The monoisotopic (exact) mass is 277 g/mol. The first-order valence-corrected chi connectivity index (χ1v) is 6.50. The number of aromatic carboxylic acids is 1. The van der Waals surface area contributed by atoms with E-state index in [1.54, 1.807) is 18.5 Å². The van der Waals surface area contributed by atoms with Crippen LogP contribution in [0.25, 0.3) is 5.82 Å². The van der Waals surface area contributed by atoms with E-state index in [4.69, 9.17) is 16.7 Å². The third-order valence-corrected chi connectivity index (χ3v) is 3.62. The van der Waals surface area contributed by atoms with Crippen molar-refractivity contribution in [2.45, 2.75) is 25.7 Å². The normalized spacial score (nSPS) is 14.2. The van der Waals surface area contributed by atoms with E-state index in [2.05, 4.69) is 9.97 Å². The lowest BCUT2D eigenvalue weighted by atomic mass is 10.0. The number of halogens is 1. The Bertz CT molecular complexity index is 651. The molecular weight excluding hydrogens is 266 g/mol. The van der Waals surface area contributed by atoms with Crippen LogP contribution in [0.3, 0.4) is 0 Å². The number of hydrogen-bond donors (Lipinski definition) is 1. The van der Waals surface area contributed by atoms with Gasteiger partial charge in [0.1, 0.15) is 12.1 Å². The Morgan fingerprint density at radius 1 is 1.32 bits per heavy atom. The van der Waals surface area contributed by atoms with Gasteiger partial charge in [-0.1, -0.05) is 11.6 Å². The summed E-state index contributed by atoms with van der Waals surface area (Å²) in [5.41, 5.74) is 2.08. The highest BCUT2D eigenvalue weighted by atomic mass is 35.5. The SMILES string of the molecule is O=C(O)c1nc(-n2cnc3c2CCCC3)ccc1Cl. The maximum absolute atomic E-state index is 11.1. The van der Waals surface area contributed by atoms with Gasteiger partial charge in [0.2, 0.25) is 0 Å². The maximum Gasteiger partial charge on any atom is 0.356 e. The van der Waals surface area contributed by atoms with E-state index in [9.17, 15) is 4.79 Å². The largest absolute Gasteiger partial charge is 0.476 e. The molecule has 0 aromatic carbocycles. The number of nitrogens with zero attached hydrogens (tertiary/aromatic N) is 3. The standard InChI is InChI=1S/C13H12ClN3O2/c14-8-5-6-11(16-12(8)13(18)19)17-7-15-9-3-1-2-4-10(9)17/h5-7H,1-4H2,(H,18,19). The molecule has 3 rings (SSSR count). The number of aromatic nitrogens is 3. The molecule has 19 heavy (non-hydrogen) atoms. The summed E-state index contributed by atoms with van der Waals surface area (Å²) in [6, 6.07) is 3.27. The average Bonchev–Trinajstić information content (AvgIpc) is 2.83. The van der Waals surface area contributed by atoms with E-state index in [1.165, 1.54) is 0 Å². The number of aryl methyl sites for hydroxylation is 1. The van der Waals surface area contributed by atoms with E-state index < -0.39 is 5.97 Å². The van der Waals surface area contributed by atoms with Crippen molar-refractivity contribution in [3.8, 4) is 5.82 Å². The van der Waals surface area contributed by atoms with Gasteiger partial charge in [-0.15, -0.1) is 0 Å². The minimum Gasteiger partial charge on any atom is -0.476 e. The van der Waals surface area contributed by atoms with Gasteiger partial charge in [0.15, 0.2) is 5.69 Å². The van der Waals surface area contributed by atoms with Crippen molar-refractivity contribution < 1.29 is 9.90 Å². The van der Waals surface area contributed by atoms with Gasteiger partial charge < -0.3 is 5.11 Å². The highest BCUT2D eigenvalue weighted by Gasteiger charge is 2.18. The first-order valence-electron chi connectivity index (χ1n) is 6.12. The molecule has 5 nitrogen and oxygen atoms in total. The summed E-state index contributed by atoms with van der Waals surface area (Å²) in [5, 5.41) is 9.20. The molecule has 0 atom stereocenters. The van der Waals surface area contributed by atoms with Crippen molar-refractivity contribution in [2.75, 3.05) is 0 Å². The summed E-state index contributed by atoms with van der Waals surface area (Å²) in [5.74, 6) is -0.571. The highest BCUT2D eigenvalue weighted by molar-refractivity contribution is 6.33. The summed E-state index contributed by atoms with van der Waals surface area (Å²) in [4.78, 5) is 19.5. The molecule has 2 heterocycles. The number of fused-ring (bicyclic) bond motifs is 1. The van der Waals surface area contributed by atoms with Crippen LogP contribution in [0.2, 0.25) is 5.02 Å². The van der Waals surface area contributed by atoms with Crippen molar-refractivity contribution in [2.24, 2.45) is 0 Å². The molecule has 98 valence electrons. The molecule has 0 bridgehead atoms. The van der Waals surface area contributed by atoms with Crippen LogP contribution >= 0.6 is 11.6 Å². The predicted molar refractivity (Wildman–Crippen MR) is 70.0 cm³/mol. The second-order valence-corrected chi connectivity index (χ2v) is 4.93. The second kappa shape index (κ2) is 4.66. The lowest BCUT2D eigenvalue weighted by molar-refractivity contribution is 0.0690. The van der Waals surface area contributed by atoms with Crippen molar-refractivity contribution in [3.63, 3.8) is 0 Å². The van der Waals surface area contributed by atoms with Gasteiger partial charge in [-0.3, -0.25) is 4.57 Å². The lowest BCUT2D eigenvalue weighted by Gasteiger charge is -2.13. The van der Waals surface area contributed by atoms with Gasteiger partial charge in [0, 0.05) is 5.69 Å². The van der Waals surface area contributed by atoms with Crippen molar-refractivity contribution in [1.29, 1.82) is 0 Å². The predicted octanol–water partition coefficient (Wildman–Crippen LogP) is 2.50. The van der Waals surface area contributed by atoms with Crippen molar-refractivity contribution >= 4 is 17.6 Å². The minimum atomic E-state index is -1.12. The average molecular weight is 278 g/mol. The Balaban J connectivity index is 2.10. The van der Waals surface area contributed by atoms with Crippen LogP contribution in [-0.2, 0) is 12.8 Å². The van der Waals surface area contributed by atoms with Crippen LogP contribution in [-0.4, -0.2) is 25.6 Å². The Morgan fingerprint density at radius 2 is 2.11 bits per heavy atom.